The van der Waals surface area contributed by atoms with E-state index in [2.05, 4.69) is 21.4 Å². The maximum Gasteiger partial charge on any atom is 0.254 e. The summed E-state index contributed by atoms with van der Waals surface area (Å²) in [6.45, 7) is 3.92. The molecule has 2 heterocycles. The third-order valence-electron chi connectivity index (χ3n) is 9.24. The average Bonchev–Trinajstić information content (AvgIpc) is 3.05. The maximum absolute atomic E-state index is 13.1. The molecule has 2 aliphatic carbocycles. The fraction of sp³-hybridized carbons (Fsp3) is 0.516. The average molecular weight is 568 g/mol. The third kappa shape index (κ3) is 5.25. The van der Waals surface area contributed by atoms with Gasteiger partial charge < -0.3 is 23.3 Å². The molecule has 0 unspecified atom stereocenters. The summed E-state index contributed by atoms with van der Waals surface area (Å²) in [6, 6.07) is 11.7. The van der Waals surface area contributed by atoms with E-state index in [1.165, 1.54) is 11.1 Å². The number of amides is 1. The summed E-state index contributed by atoms with van der Waals surface area (Å²) >= 11 is 6.38. The molecule has 4 aliphatic rings. The summed E-state index contributed by atoms with van der Waals surface area (Å²) in [5.41, 5.74) is 3.66. The molecule has 1 N–H and O–H groups in total. The van der Waals surface area contributed by atoms with Crippen LogP contribution in [0.25, 0.3) is 0 Å². The fourth-order valence-electron chi connectivity index (χ4n) is 6.84. The number of benzene rings is 2. The van der Waals surface area contributed by atoms with E-state index in [1.54, 1.807) is 6.07 Å². The van der Waals surface area contributed by atoms with Crippen LogP contribution in [0.2, 0.25) is 5.02 Å². The lowest BCUT2D eigenvalue weighted by Crippen LogP contribution is -2.49. The normalized spacial score (nSPS) is 32.2. The topological polar surface area (TPSA) is 79.2 Å². The predicted octanol–water partition coefficient (Wildman–Crippen LogP) is 6.23. The zero-order chi connectivity index (χ0) is 27.1. The van der Waals surface area contributed by atoms with Crippen molar-refractivity contribution in [3.8, 4) is 5.75 Å². The number of nitrogens with zero attached hydrogens (tertiary/aromatic N) is 2. The number of carbonyl (C=O) groups is 1. The molecule has 2 aliphatic heterocycles. The molecule has 0 radical (unpaired) electrons. The Labute approximate surface area is 237 Å². The van der Waals surface area contributed by atoms with Crippen LogP contribution in [0.4, 0.5) is 5.69 Å². The van der Waals surface area contributed by atoms with Crippen molar-refractivity contribution in [1.82, 2.24) is 0 Å². The van der Waals surface area contributed by atoms with Gasteiger partial charge in [-0.2, -0.15) is 10.6 Å². The Morgan fingerprint density at radius 3 is 2.87 bits per heavy atom. The number of carbonyl (C=O) groups excluding carboxylic acids is 1. The maximum atomic E-state index is 13.1. The zero-order valence-electron chi connectivity index (χ0n) is 22.4. The predicted molar refractivity (Wildman–Crippen MR) is 155 cm³/mol. The van der Waals surface area contributed by atoms with Gasteiger partial charge in [0.05, 0.1) is 18.4 Å². The monoisotopic (exact) mass is 567 g/mol. The Balaban J connectivity index is 1.43. The highest BCUT2D eigenvalue weighted by Crippen LogP contribution is 2.46. The van der Waals surface area contributed by atoms with Crippen LogP contribution in [0, 0.1) is 11.8 Å². The number of rotatable bonds is 0. The first kappa shape index (κ1) is 26.9. The largest absolute Gasteiger partial charge is 0.490 e. The van der Waals surface area contributed by atoms with Crippen molar-refractivity contribution in [2.75, 3.05) is 24.6 Å². The molecule has 2 aromatic carbocycles. The number of anilines is 1. The first-order valence-electron chi connectivity index (χ1n) is 14.2. The number of hydrogen-bond donors (Lipinski definition) is 1. The van der Waals surface area contributed by atoms with Crippen molar-refractivity contribution in [2.45, 2.75) is 68.6 Å². The van der Waals surface area contributed by atoms with E-state index >= 15 is 0 Å². The highest BCUT2D eigenvalue weighted by Gasteiger charge is 2.44. The van der Waals surface area contributed by atoms with Crippen LogP contribution < -0.4 is 9.64 Å². The van der Waals surface area contributed by atoms with E-state index in [4.69, 9.17) is 16.3 Å². The quantitative estimate of drug-likeness (QED) is 0.302. The third-order valence-corrected chi connectivity index (χ3v) is 10.7. The second-order valence-corrected chi connectivity index (χ2v) is 13.7. The smallest absolute Gasteiger partial charge is 0.254 e. The minimum Gasteiger partial charge on any atom is -0.490 e. The van der Waals surface area contributed by atoms with Gasteiger partial charge in [-0.15, -0.1) is 0 Å². The summed E-state index contributed by atoms with van der Waals surface area (Å²) < 4.78 is 23.4. The molecule has 2 bridgehead atoms. The number of halogens is 1. The first-order valence-corrected chi connectivity index (χ1v) is 15.7. The summed E-state index contributed by atoms with van der Waals surface area (Å²) in [6.07, 6.45) is 9.85. The Hall–Kier alpha value is -2.35. The molecule has 2 aromatic rings. The Morgan fingerprint density at radius 2 is 2.05 bits per heavy atom. The van der Waals surface area contributed by atoms with Gasteiger partial charge in [-0.1, -0.05) is 48.4 Å². The van der Waals surface area contributed by atoms with Crippen LogP contribution in [-0.4, -0.2) is 42.1 Å². The van der Waals surface area contributed by atoms with E-state index < -0.39 is 22.6 Å². The summed E-state index contributed by atoms with van der Waals surface area (Å²) in [4.78, 5) is 15.5. The molecule has 1 saturated carbocycles. The van der Waals surface area contributed by atoms with Gasteiger partial charge in [0.2, 0.25) is 0 Å². The number of aryl methyl sites for hydroxylation is 1. The lowest BCUT2D eigenvalue weighted by Gasteiger charge is -2.45. The molecule has 1 amide bonds. The molecule has 6 nitrogen and oxygen atoms in total. The lowest BCUT2D eigenvalue weighted by atomic mass is 9.68. The summed E-state index contributed by atoms with van der Waals surface area (Å²) in [7, 11) is -1.63. The van der Waals surface area contributed by atoms with E-state index in [0.717, 1.165) is 61.7 Å². The number of aliphatic hydroxyl groups excluding tert-OH is 1. The van der Waals surface area contributed by atoms with Gasteiger partial charge >= 0.3 is 0 Å². The van der Waals surface area contributed by atoms with Crippen LogP contribution in [0.3, 0.4) is 0 Å². The van der Waals surface area contributed by atoms with Crippen LogP contribution in [0.5, 0.6) is 5.75 Å². The van der Waals surface area contributed by atoms with Crippen molar-refractivity contribution < 1.29 is 18.8 Å². The van der Waals surface area contributed by atoms with E-state index in [-0.39, 0.29) is 16.6 Å². The van der Waals surface area contributed by atoms with E-state index in [9.17, 15) is 14.1 Å². The van der Waals surface area contributed by atoms with Crippen LogP contribution >= 0.6 is 11.6 Å². The molecule has 5 atom stereocenters. The van der Waals surface area contributed by atoms with Gasteiger partial charge in [0, 0.05) is 29.1 Å². The van der Waals surface area contributed by atoms with Gasteiger partial charge in [0.25, 0.3) is 5.91 Å². The van der Waals surface area contributed by atoms with Crippen LogP contribution in [0.1, 0.15) is 66.9 Å². The number of fused-ring (bicyclic) bond motifs is 4. The van der Waals surface area contributed by atoms with Gasteiger partial charge in [-0.05, 0) is 91.8 Å². The Bertz CT molecular complexity index is 1390. The molecule has 1 fully saturated rings. The summed E-state index contributed by atoms with van der Waals surface area (Å²) in [5.74, 6) is 0.821. The van der Waals surface area contributed by atoms with E-state index in [1.807, 2.05) is 37.3 Å². The van der Waals surface area contributed by atoms with Crippen LogP contribution in [0.15, 0.2) is 52.9 Å². The molecular weight excluding hydrogens is 532 g/mol. The highest BCUT2D eigenvalue weighted by molar-refractivity contribution is 7.75. The van der Waals surface area contributed by atoms with Crippen molar-refractivity contribution in [1.29, 1.82) is 0 Å². The van der Waals surface area contributed by atoms with Crippen molar-refractivity contribution in [2.24, 2.45) is 16.2 Å². The highest BCUT2D eigenvalue weighted by atomic mass is 35.5. The zero-order valence-corrected chi connectivity index (χ0v) is 23.9. The molecule has 6 rings (SSSR count). The van der Waals surface area contributed by atoms with E-state index in [0.29, 0.717) is 30.9 Å². The molecule has 39 heavy (non-hydrogen) atoms. The minimum atomic E-state index is -1.63. The number of hydrogen-bond acceptors (Lipinski definition) is 6. The van der Waals surface area contributed by atoms with Crippen molar-refractivity contribution in [3.63, 3.8) is 0 Å². The fourth-order valence-corrected chi connectivity index (χ4v) is 7.82. The second kappa shape index (κ2) is 10.9. The van der Waals surface area contributed by atoms with Gasteiger partial charge in [0.15, 0.2) is 0 Å². The molecule has 8 heteroatoms. The van der Waals surface area contributed by atoms with Gasteiger partial charge in [-0.25, -0.2) is 0 Å². The number of aliphatic hydroxyl groups is 1. The van der Waals surface area contributed by atoms with Crippen LogP contribution in [-0.2, 0) is 26.6 Å². The number of ether oxygens (including phenoxy) is 1. The second-order valence-electron chi connectivity index (χ2n) is 11.8. The molecule has 208 valence electrons. The Morgan fingerprint density at radius 1 is 1.18 bits per heavy atom. The molecule has 0 saturated heterocycles. The summed E-state index contributed by atoms with van der Waals surface area (Å²) in [5, 5.41) is 11.5. The lowest BCUT2D eigenvalue weighted by molar-refractivity contribution is 0.0456. The Kier molecular flexibility index (Phi) is 7.51. The minimum absolute atomic E-state index is 0.196. The number of allylic oxidation sites excluding steroid dienone is 1. The molecule has 1 spiro atoms. The van der Waals surface area contributed by atoms with Crippen molar-refractivity contribution in [3.05, 3.63) is 70.3 Å². The molecule has 0 aromatic heterocycles. The van der Waals surface area contributed by atoms with Crippen molar-refractivity contribution >= 4 is 33.8 Å². The SMILES string of the molecule is C[C@@H]1CC/C=C/[C@H](O)[C@@H]2CC[C@H]2CN2C[C@@]3(CCCc4cc(Cl)ccc43)COc3ccc(cc32)C(=O)N=[S-]1=O. The van der Waals surface area contributed by atoms with Gasteiger partial charge in [-0.3, -0.25) is 4.79 Å². The molecular formula is C31H36ClN2O4S-. The standard InChI is InChI=1S/C31H36ClN2O4S/c1-20-5-2-3-7-28(35)25-11-8-23(25)17-34-18-31(14-4-6-21-15-24(32)10-12-26(21)31)19-38-29-13-9-22(16-27(29)34)30(36)33-39(20)37/h3,7,9-10,12-13,15-16,20,23,25,28,35H,2,4-6,8,11,14,17-19H2,1H3/q-1/b7-3+/t20-,23+,25-,28+,31+/m1/s1. The van der Waals surface area contributed by atoms with Gasteiger partial charge in [0.1, 0.15) is 5.75 Å². The first-order chi connectivity index (χ1) is 18.8.